The van der Waals surface area contributed by atoms with Crippen molar-refractivity contribution in [2.45, 2.75) is 32.4 Å². The number of hydrogen-bond acceptors (Lipinski definition) is 3. The summed E-state index contributed by atoms with van der Waals surface area (Å²) in [5.74, 6) is 0.255. The van der Waals surface area contributed by atoms with Crippen LogP contribution in [0.25, 0.3) is 0 Å². The van der Waals surface area contributed by atoms with Crippen molar-refractivity contribution < 1.29 is 8.42 Å². The van der Waals surface area contributed by atoms with Gasteiger partial charge in [-0.25, -0.2) is 8.42 Å². The SMILES string of the molecule is CCCNCCS(=O)(=O)C(C)C. The van der Waals surface area contributed by atoms with E-state index in [2.05, 4.69) is 12.2 Å². The fraction of sp³-hybridized carbons (Fsp3) is 1.00. The van der Waals surface area contributed by atoms with Crippen LogP contribution in [0.3, 0.4) is 0 Å². The van der Waals surface area contributed by atoms with E-state index in [1.165, 1.54) is 0 Å². The molecule has 0 saturated carbocycles. The Kier molecular flexibility index (Phi) is 5.50. The maximum Gasteiger partial charge on any atom is 0.153 e. The molecule has 0 atom stereocenters. The molecule has 0 aromatic rings. The van der Waals surface area contributed by atoms with Crippen molar-refractivity contribution in [3.05, 3.63) is 0 Å². The van der Waals surface area contributed by atoms with E-state index in [9.17, 15) is 8.42 Å². The highest BCUT2D eigenvalue weighted by molar-refractivity contribution is 7.92. The molecule has 4 heteroatoms. The van der Waals surface area contributed by atoms with Gasteiger partial charge in [0.1, 0.15) is 0 Å². The predicted molar refractivity (Wildman–Crippen MR) is 52.1 cm³/mol. The molecule has 0 aliphatic heterocycles. The van der Waals surface area contributed by atoms with Crippen molar-refractivity contribution in [2.24, 2.45) is 0 Å². The summed E-state index contributed by atoms with van der Waals surface area (Å²) in [5.41, 5.74) is 0. The average molecular weight is 193 g/mol. The van der Waals surface area contributed by atoms with Gasteiger partial charge < -0.3 is 5.32 Å². The molecule has 0 spiro atoms. The molecule has 0 aromatic carbocycles. The number of hydrogen-bond donors (Lipinski definition) is 1. The van der Waals surface area contributed by atoms with Gasteiger partial charge in [0.15, 0.2) is 9.84 Å². The molecule has 12 heavy (non-hydrogen) atoms. The molecule has 0 aliphatic carbocycles. The second-order valence-corrected chi connectivity index (χ2v) is 5.84. The summed E-state index contributed by atoms with van der Waals surface area (Å²) in [7, 11) is -2.84. The van der Waals surface area contributed by atoms with Gasteiger partial charge in [0, 0.05) is 6.54 Å². The molecule has 0 aliphatic rings. The van der Waals surface area contributed by atoms with Gasteiger partial charge >= 0.3 is 0 Å². The Bertz CT molecular complexity index is 197. The molecular formula is C8H19NO2S. The molecule has 3 nitrogen and oxygen atoms in total. The lowest BCUT2D eigenvalue weighted by Gasteiger charge is -2.07. The Labute approximate surface area is 75.5 Å². The van der Waals surface area contributed by atoms with Crippen LogP contribution >= 0.6 is 0 Å². The smallest absolute Gasteiger partial charge is 0.153 e. The van der Waals surface area contributed by atoms with Gasteiger partial charge in [0.25, 0.3) is 0 Å². The molecule has 0 saturated heterocycles. The van der Waals surface area contributed by atoms with E-state index < -0.39 is 9.84 Å². The molecule has 0 fully saturated rings. The van der Waals surface area contributed by atoms with E-state index in [0.717, 1.165) is 13.0 Å². The van der Waals surface area contributed by atoms with Gasteiger partial charge in [0.05, 0.1) is 11.0 Å². The molecule has 74 valence electrons. The maximum atomic E-state index is 11.3. The third-order valence-corrected chi connectivity index (χ3v) is 3.92. The maximum absolute atomic E-state index is 11.3. The fourth-order valence-electron chi connectivity index (χ4n) is 0.752. The Balaban J connectivity index is 3.63. The van der Waals surface area contributed by atoms with E-state index in [4.69, 9.17) is 0 Å². The van der Waals surface area contributed by atoms with Crippen LogP contribution in [-0.4, -0.2) is 32.5 Å². The van der Waals surface area contributed by atoms with Gasteiger partial charge in [-0.15, -0.1) is 0 Å². The van der Waals surface area contributed by atoms with Gasteiger partial charge in [0.2, 0.25) is 0 Å². The van der Waals surface area contributed by atoms with Crippen LogP contribution in [0.15, 0.2) is 0 Å². The van der Waals surface area contributed by atoms with E-state index in [1.807, 2.05) is 0 Å². The van der Waals surface area contributed by atoms with Gasteiger partial charge in [-0.2, -0.15) is 0 Å². The zero-order chi connectivity index (χ0) is 9.61. The second-order valence-electron chi connectivity index (χ2n) is 3.17. The third-order valence-electron chi connectivity index (χ3n) is 1.71. The highest BCUT2D eigenvalue weighted by atomic mass is 32.2. The highest BCUT2D eigenvalue weighted by Gasteiger charge is 2.14. The summed E-state index contributed by atoms with van der Waals surface area (Å²) in [5, 5.41) is 2.82. The number of rotatable bonds is 6. The second kappa shape index (κ2) is 5.54. The van der Waals surface area contributed by atoms with Crippen LogP contribution in [0.2, 0.25) is 0 Å². The van der Waals surface area contributed by atoms with E-state index in [-0.39, 0.29) is 11.0 Å². The first-order valence-electron chi connectivity index (χ1n) is 4.43. The van der Waals surface area contributed by atoms with Crippen molar-refractivity contribution >= 4 is 9.84 Å². The van der Waals surface area contributed by atoms with Crippen molar-refractivity contribution in [1.82, 2.24) is 5.32 Å². The van der Waals surface area contributed by atoms with Crippen LogP contribution in [0, 0.1) is 0 Å². The first-order chi connectivity index (χ1) is 5.50. The van der Waals surface area contributed by atoms with Crippen LogP contribution < -0.4 is 5.32 Å². The lowest BCUT2D eigenvalue weighted by Crippen LogP contribution is -2.27. The summed E-state index contributed by atoms with van der Waals surface area (Å²) >= 11 is 0. The average Bonchev–Trinajstić information content (AvgIpc) is 1.98. The summed E-state index contributed by atoms with van der Waals surface area (Å²) in [6.45, 7) is 6.97. The number of nitrogens with one attached hydrogen (secondary N) is 1. The molecule has 0 rings (SSSR count). The van der Waals surface area contributed by atoms with Crippen molar-refractivity contribution in [3.8, 4) is 0 Å². The minimum Gasteiger partial charge on any atom is -0.316 e. The van der Waals surface area contributed by atoms with Crippen LogP contribution in [0.5, 0.6) is 0 Å². The summed E-state index contributed by atoms with van der Waals surface area (Å²) < 4.78 is 22.5. The van der Waals surface area contributed by atoms with Gasteiger partial charge in [-0.1, -0.05) is 6.92 Å². The van der Waals surface area contributed by atoms with Crippen LogP contribution in [0.1, 0.15) is 27.2 Å². The normalized spacial score (nSPS) is 12.3. The fourth-order valence-corrected chi connectivity index (χ4v) is 1.65. The zero-order valence-corrected chi connectivity index (χ0v) is 8.95. The summed E-state index contributed by atoms with van der Waals surface area (Å²) in [6, 6.07) is 0. The molecule has 0 bridgehead atoms. The van der Waals surface area contributed by atoms with Gasteiger partial charge in [-0.3, -0.25) is 0 Å². The van der Waals surface area contributed by atoms with Gasteiger partial charge in [-0.05, 0) is 26.8 Å². The quantitative estimate of drug-likeness (QED) is 0.635. The largest absolute Gasteiger partial charge is 0.316 e. The van der Waals surface area contributed by atoms with Crippen molar-refractivity contribution in [3.63, 3.8) is 0 Å². The number of sulfone groups is 1. The standard InChI is InChI=1S/C8H19NO2S/c1-4-5-9-6-7-12(10,11)8(2)3/h8-9H,4-7H2,1-3H3. The molecule has 0 radical (unpaired) electrons. The lowest BCUT2D eigenvalue weighted by molar-refractivity contribution is 0.582. The minimum atomic E-state index is -2.84. The molecule has 0 unspecified atom stereocenters. The first-order valence-corrected chi connectivity index (χ1v) is 6.14. The summed E-state index contributed by atoms with van der Waals surface area (Å²) in [4.78, 5) is 0. The van der Waals surface area contributed by atoms with E-state index in [1.54, 1.807) is 13.8 Å². The Morgan fingerprint density at radius 2 is 1.83 bits per heavy atom. The highest BCUT2D eigenvalue weighted by Crippen LogP contribution is 1.98. The van der Waals surface area contributed by atoms with Crippen molar-refractivity contribution in [2.75, 3.05) is 18.8 Å². The van der Waals surface area contributed by atoms with E-state index >= 15 is 0 Å². The topological polar surface area (TPSA) is 46.2 Å². The molecule has 0 heterocycles. The monoisotopic (exact) mass is 193 g/mol. The molecule has 0 amide bonds. The molecular weight excluding hydrogens is 174 g/mol. The zero-order valence-electron chi connectivity index (χ0n) is 8.13. The van der Waals surface area contributed by atoms with Crippen LogP contribution in [-0.2, 0) is 9.84 Å². The predicted octanol–water partition coefficient (Wildman–Crippen LogP) is 0.809. The molecule has 1 N–H and O–H groups in total. The Morgan fingerprint density at radius 1 is 1.25 bits per heavy atom. The molecule has 0 aromatic heterocycles. The van der Waals surface area contributed by atoms with Crippen LogP contribution in [0.4, 0.5) is 0 Å². The lowest BCUT2D eigenvalue weighted by atomic mass is 10.5. The third kappa shape index (κ3) is 4.72. The van der Waals surface area contributed by atoms with Crippen molar-refractivity contribution in [1.29, 1.82) is 0 Å². The van der Waals surface area contributed by atoms with E-state index in [0.29, 0.717) is 6.54 Å². The Morgan fingerprint density at radius 3 is 2.25 bits per heavy atom. The summed E-state index contributed by atoms with van der Waals surface area (Å²) in [6.07, 6.45) is 1.04. The first kappa shape index (κ1) is 11.9. The Hall–Kier alpha value is -0.0900. The minimum absolute atomic E-state index is 0.249.